The Morgan fingerprint density at radius 2 is 2.18 bits per heavy atom. The first-order valence-electron chi connectivity index (χ1n) is 5.76. The number of nitrogens with two attached hydrogens (primary N) is 1. The molecule has 0 aliphatic heterocycles. The van der Waals surface area contributed by atoms with Crippen LogP contribution in [0.2, 0.25) is 0 Å². The maximum Gasteiger partial charge on any atom is 0.0420 e. The lowest BCUT2D eigenvalue weighted by Crippen LogP contribution is -2.39. The zero-order valence-corrected chi connectivity index (χ0v) is 12.7. The second-order valence-electron chi connectivity index (χ2n) is 4.47. The number of hydrogen-bond donors (Lipinski definition) is 2. The zero-order chi connectivity index (χ0) is 12.7. The molecule has 3 N–H and O–H groups in total. The summed E-state index contributed by atoms with van der Waals surface area (Å²) in [7, 11) is 0. The molecule has 0 spiro atoms. The highest BCUT2D eigenvalue weighted by molar-refractivity contribution is 9.10. The van der Waals surface area contributed by atoms with E-state index >= 15 is 0 Å². The van der Waals surface area contributed by atoms with Crippen LogP contribution in [-0.2, 0) is 6.42 Å². The van der Waals surface area contributed by atoms with Crippen LogP contribution in [-0.4, -0.2) is 22.5 Å². The van der Waals surface area contributed by atoms with Crippen molar-refractivity contribution in [1.82, 2.24) is 10.4 Å². The lowest BCUT2D eigenvalue weighted by molar-refractivity contribution is 0.568. The van der Waals surface area contributed by atoms with Crippen LogP contribution in [0.4, 0.5) is 0 Å². The summed E-state index contributed by atoms with van der Waals surface area (Å²) in [5.74, 6) is 8.49. The summed E-state index contributed by atoms with van der Waals surface area (Å²) in [5, 5.41) is 0. The third kappa shape index (κ3) is 6.41. The van der Waals surface area contributed by atoms with Crippen LogP contribution in [0, 0.1) is 5.92 Å². The molecule has 0 saturated heterocycles. The summed E-state index contributed by atoms with van der Waals surface area (Å²) in [6.45, 7) is 4.46. The second-order valence-corrected chi connectivity index (χ2v) is 6.46. The number of hydrogen-bond acceptors (Lipinski definition) is 4. The minimum Gasteiger partial charge on any atom is -0.271 e. The Labute approximate surface area is 116 Å². The summed E-state index contributed by atoms with van der Waals surface area (Å²) in [6, 6.07) is 4.33. The zero-order valence-electron chi connectivity index (χ0n) is 10.3. The van der Waals surface area contributed by atoms with Crippen molar-refractivity contribution < 1.29 is 0 Å². The second kappa shape index (κ2) is 8.08. The third-order valence-electron chi connectivity index (χ3n) is 2.25. The number of pyridine rings is 1. The first-order chi connectivity index (χ1) is 8.11. The molecule has 1 heterocycles. The molecule has 0 aliphatic rings. The van der Waals surface area contributed by atoms with Gasteiger partial charge in [0.15, 0.2) is 0 Å². The number of hydrazine groups is 1. The van der Waals surface area contributed by atoms with Gasteiger partial charge in [-0.05, 0) is 39.7 Å². The molecule has 96 valence electrons. The van der Waals surface area contributed by atoms with E-state index in [9.17, 15) is 0 Å². The van der Waals surface area contributed by atoms with Crippen LogP contribution in [0.15, 0.2) is 22.8 Å². The van der Waals surface area contributed by atoms with Crippen molar-refractivity contribution in [2.24, 2.45) is 11.8 Å². The van der Waals surface area contributed by atoms with Gasteiger partial charge in [0.25, 0.3) is 0 Å². The first-order valence-corrected chi connectivity index (χ1v) is 7.71. The molecule has 0 fully saturated rings. The Hall–Kier alpha value is -0.100. The van der Waals surface area contributed by atoms with Crippen molar-refractivity contribution in [2.45, 2.75) is 26.3 Å². The van der Waals surface area contributed by atoms with Gasteiger partial charge >= 0.3 is 0 Å². The Balaban J connectivity index is 2.38. The number of nitrogens with zero attached hydrogens (tertiary/aromatic N) is 1. The topological polar surface area (TPSA) is 50.9 Å². The van der Waals surface area contributed by atoms with Crippen molar-refractivity contribution >= 4 is 27.7 Å². The number of halogens is 1. The minimum absolute atomic E-state index is 0.285. The Morgan fingerprint density at radius 1 is 1.41 bits per heavy atom. The number of nitrogens with one attached hydrogen (secondary N) is 1. The summed E-state index contributed by atoms with van der Waals surface area (Å²) < 4.78 is 1.01. The van der Waals surface area contributed by atoms with Gasteiger partial charge in [-0.2, -0.15) is 11.8 Å². The predicted molar refractivity (Wildman–Crippen MR) is 78.9 cm³/mol. The maximum absolute atomic E-state index is 5.57. The first kappa shape index (κ1) is 15.0. The molecule has 0 amide bonds. The maximum atomic E-state index is 5.57. The van der Waals surface area contributed by atoms with E-state index in [2.05, 4.69) is 40.2 Å². The summed E-state index contributed by atoms with van der Waals surface area (Å²) in [4.78, 5) is 4.36. The molecule has 1 unspecified atom stereocenters. The molecule has 0 bridgehead atoms. The SMILES string of the molecule is CC(C)CSCC(Cc1ccc(Br)cn1)NN. The molecule has 5 heteroatoms. The van der Waals surface area contributed by atoms with Gasteiger partial charge in [0.1, 0.15) is 0 Å². The standard InChI is InChI=1S/C12H20BrN3S/c1-9(2)7-17-8-12(16-14)5-11-4-3-10(13)6-15-11/h3-4,6,9,12,16H,5,7-8,14H2,1-2H3. The van der Waals surface area contributed by atoms with E-state index in [1.165, 1.54) is 5.75 Å². The summed E-state index contributed by atoms with van der Waals surface area (Å²) in [6.07, 6.45) is 2.69. The molecule has 3 nitrogen and oxygen atoms in total. The van der Waals surface area contributed by atoms with Gasteiger partial charge in [0.2, 0.25) is 0 Å². The van der Waals surface area contributed by atoms with E-state index in [1.54, 1.807) is 0 Å². The van der Waals surface area contributed by atoms with Crippen LogP contribution < -0.4 is 11.3 Å². The van der Waals surface area contributed by atoms with Gasteiger partial charge in [-0.3, -0.25) is 16.3 Å². The van der Waals surface area contributed by atoms with E-state index in [-0.39, 0.29) is 6.04 Å². The van der Waals surface area contributed by atoms with Crippen molar-refractivity contribution in [3.05, 3.63) is 28.5 Å². The third-order valence-corrected chi connectivity index (χ3v) is 4.26. The molecule has 1 aromatic rings. The average Bonchev–Trinajstić information content (AvgIpc) is 2.30. The Kier molecular flexibility index (Phi) is 7.11. The molecular weight excluding hydrogens is 298 g/mol. The molecule has 1 atom stereocenters. The summed E-state index contributed by atoms with van der Waals surface area (Å²) in [5.41, 5.74) is 3.94. The fraction of sp³-hybridized carbons (Fsp3) is 0.583. The highest BCUT2D eigenvalue weighted by Crippen LogP contribution is 2.12. The highest BCUT2D eigenvalue weighted by Gasteiger charge is 2.09. The van der Waals surface area contributed by atoms with Crippen LogP contribution in [0.3, 0.4) is 0 Å². The van der Waals surface area contributed by atoms with Crippen molar-refractivity contribution in [1.29, 1.82) is 0 Å². The lowest BCUT2D eigenvalue weighted by atomic mass is 10.2. The van der Waals surface area contributed by atoms with Gasteiger partial charge < -0.3 is 0 Å². The van der Waals surface area contributed by atoms with Crippen LogP contribution >= 0.6 is 27.7 Å². The average molecular weight is 318 g/mol. The van der Waals surface area contributed by atoms with Crippen LogP contribution in [0.1, 0.15) is 19.5 Å². The molecule has 1 rings (SSSR count). The molecule has 17 heavy (non-hydrogen) atoms. The number of thioether (sulfide) groups is 1. The number of aromatic nitrogens is 1. The molecule has 0 aromatic carbocycles. The van der Waals surface area contributed by atoms with Crippen LogP contribution in [0.5, 0.6) is 0 Å². The quantitative estimate of drug-likeness (QED) is 0.599. The molecule has 1 aromatic heterocycles. The molecule has 0 aliphatic carbocycles. The van der Waals surface area contributed by atoms with E-state index in [1.807, 2.05) is 30.1 Å². The van der Waals surface area contributed by atoms with E-state index in [0.717, 1.165) is 28.3 Å². The monoisotopic (exact) mass is 317 g/mol. The van der Waals surface area contributed by atoms with Gasteiger partial charge in [0, 0.05) is 34.6 Å². The largest absolute Gasteiger partial charge is 0.271 e. The molecule has 0 radical (unpaired) electrons. The lowest BCUT2D eigenvalue weighted by Gasteiger charge is -2.15. The summed E-state index contributed by atoms with van der Waals surface area (Å²) >= 11 is 5.32. The van der Waals surface area contributed by atoms with Crippen molar-refractivity contribution in [2.75, 3.05) is 11.5 Å². The highest BCUT2D eigenvalue weighted by atomic mass is 79.9. The van der Waals surface area contributed by atoms with E-state index in [0.29, 0.717) is 0 Å². The smallest absolute Gasteiger partial charge is 0.0420 e. The van der Waals surface area contributed by atoms with Crippen molar-refractivity contribution in [3.8, 4) is 0 Å². The van der Waals surface area contributed by atoms with Crippen molar-refractivity contribution in [3.63, 3.8) is 0 Å². The predicted octanol–water partition coefficient (Wildman–Crippen LogP) is 2.61. The van der Waals surface area contributed by atoms with Crippen LogP contribution in [0.25, 0.3) is 0 Å². The van der Waals surface area contributed by atoms with Gasteiger partial charge in [-0.25, -0.2) is 0 Å². The molecule has 0 saturated carbocycles. The Morgan fingerprint density at radius 3 is 2.71 bits per heavy atom. The van der Waals surface area contributed by atoms with Gasteiger partial charge in [0.05, 0.1) is 0 Å². The Bertz CT molecular complexity index is 316. The minimum atomic E-state index is 0.285. The van der Waals surface area contributed by atoms with E-state index in [4.69, 9.17) is 5.84 Å². The van der Waals surface area contributed by atoms with Gasteiger partial charge in [-0.1, -0.05) is 13.8 Å². The fourth-order valence-electron chi connectivity index (χ4n) is 1.39. The van der Waals surface area contributed by atoms with E-state index < -0.39 is 0 Å². The fourth-order valence-corrected chi connectivity index (χ4v) is 2.73. The number of rotatable bonds is 7. The van der Waals surface area contributed by atoms with Gasteiger partial charge in [-0.15, -0.1) is 0 Å². The normalized spacial score (nSPS) is 13.0. The molecular formula is C12H20BrN3S.